The Balaban J connectivity index is 2.35. The predicted molar refractivity (Wildman–Crippen MR) is 85.4 cm³/mol. The summed E-state index contributed by atoms with van der Waals surface area (Å²) in [5.74, 6) is -1.35. The van der Waals surface area contributed by atoms with Crippen molar-refractivity contribution in [3.63, 3.8) is 0 Å². The van der Waals surface area contributed by atoms with Gasteiger partial charge >= 0.3 is 21.6 Å². The van der Waals surface area contributed by atoms with Gasteiger partial charge in [-0.25, -0.2) is 9.64 Å². The maximum Gasteiger partial charge on any atom is 0.534 e. The van der Waals surface area contributed by atoms with Crippen molar-refractivity contribution in [1.82, 2.24) is 4.37 Å². The van der Waals surface area contributed by atoms with E-state index in [4.69, 9.17) is 11.3 Å². The van der Waals surface area contributed by atoms with Gasteiger partial charge in [-0.2, -0.15) is 26.0 Å². The molecule has 7 nitrogen and oxygen atoms in total. The van der Waals surface area contributed by atoms with Crippen molar-refractivity contribution in [3.05, 3.63) is 40.6 Å². The Hall–Kier alpha value is -2.65. The summed E-state index contributed by atoms with van der Waals surface area (Å²) >= 11 is 0.846. The van der Waals surface area contributed by atoms with Crippen LogP contribution in [0, 0.1) is 6.57 Å². The van der Waals surface area contributed by atoms with E-state index in [-0.39, 0.29) is 17.2 Å². The second-order valence-electron chi connectivity index (χ2n) is 4.57. The number of carbonyl (C=O) groups is 1. The molecule has 0 fully saturated rings. The molecule has 1 heterocycles. The van der Waals surface area contributed by atoms with Gasteiger partial charge in [-0.15, -0.1) is 0 Å². The summed E-state index contributed by atoms with van der Waals surface area (Å²) in [6, 6.07) is 4.63. The van der Waals surface area contributed by atoms with Crippen molar-refractivity contribution in [3.8, 4) is 17.0 Å². The Morgan fingerprint density at radius 2 is 2.04 bits per heavy atom. The van der Waals surface area contributed by atoms with Crippen LogP contribution < -0.4 is 4.18 Å². The smallest absolute Gasteiger partial charge is 0.462 e. The van der Waals surface area contributed by atoms with Crippen molar-refractivity contribution in [2.24, 2.45) is 0 Å². The van der Waals surface area contributed by atoms with E-state index >= 15 is 0 Å². The van der Waals surface area contributed by atoms with E-state index in [1.165, 1.54) is 12.1 Å². The van der Waals surface area contributed by atoms with E-state index in [0.29, 0.717) is 5.56 Å². The van der Waals surface area contributed by atoms with Crippen LogP contribution >= 0.6 is 11.5 Å². The SMILES string of the molecule is [C-]#[N+]c1cc(-c2cc(C(=O)OCC)sn2)ccc1OS(=O)(=O)C(F)(F)F. The lowest BCUT2D eigenvalue weighted by Crippen LogP contribution is -2.28. The summed E-state index contributed by atoms with van der Waals surface area (Å²) in [5, 5.41) is 0. The number of ether oxygens (including phenoxy) is 1. The fourth-order valence-corrected chi connectivity index (χ4v) is 2.83. The average molecular weight is 406 g/mol. The molecule has 0 unspecified atom stereocenters. The zero-order valence-electron chi connectivity index (χ0n) is 12.9. The molecule has 0 N–H and O–H groups in total. The Bertz CT molecular complexity index is 977. The second-order valence-corrected chi connectivity index (χ2v) is 6.92. The maximum atomic E-state index is 12.4. The third-order valence-electron chi connectivity index (χ3n) is 2.84. The minimum absolute atomic E-state index is 0.174. The van der Waals surface area contributed by atoms with E-state index in [1.54, 1.807) is 6.92 Å². The van der Waals surface area contributed by atoms with Crippen LogP contribution in [0.25, 0.3) is 16.1 Å². The fourth-order valence-electron chi connectivity index (χ4n) is 1.71. The first-order valence-electron chi connectivity index (χ1n) is 6.75. The maximum absolute atomic E-state index is 12.4. The molecule has 2 rings (SSSR count). The van der Waals surface area contributed by atoms with Crippen LogP contribution in [0.5, 0.6) is 5.75 Å². The lowest BCUT2D eigenvalue weighted by Gasteiger charge is -2.11. The molecule has 0 saturated carbocycles. The highest BCUT2D eigenvalue weighted by Crippen LogP contribution is 2.36. The van der Waals surface area contributed by atoms with Crippen molar-refractivity contribution >= 4 is 33.3 Å². The summed E-state index contributed by atoms with van der Waals surface area (Å²) < 4.78 is 72.2. The van der Waals surface area contributed by atoms with Gasteiger partial charge in [-0.3, -0.25) is 0 Å². The summed E-state index contributed by atoms with van der Waals surface area (Å²) in [7, 11) is -5.89. The van der Waals surface area contributed by atoms with Crippen molar-refractivity contribution in [2.75, 3.05) is 6.61 Å². The molecule has 26 heavy (non-hydrogen) atoms. The third kappa shape index (κ3) is 4.12. The molecule has 12 heteroatoms. The number of nitrogens with zero attached hydrogens (tertiary/aromatic N) is 2. The van der Waals surface area contributed by atoms with Crippen molar-refractivity contribution in [2.45, 2.75) is 12.4 Å². The van der Waals surface area contributed by atoms with Gasteiger partial charge in [0, 0.05) is 0 Å². The molecule has 138 valence electrons. The molecule has 2 aromatic rings. The minimum atomic E-state index is -5.89. The number of esters is 1. The Labute approximate surface area is 150 Å². The molecule has 0 radical (unpaired) electrons. The number of aromatic nitrogens is 1. The van der Waals surface area contributed by atoms with Gasteiger partial charge in [0.25, 0.3) is 0 Å². The molecule has 1 aromatic heterocycles. The van der Waals surface area contributed by atoms with E-state index in [1.807, 2.05) is 0 Å². The highest BCUT2D eigenvalue weighted by atomic mass is 32.2. The van der Waals surface area contributed by atoms with Crippen molar-refractivity contribution < 1.29 is 35.3 Å². The number of hydrogen-bond acceptors (Lipinski definition) is 7. The topological polar surface area (TPSA) is 86.9 Å². The lowest BCUT2D eigenvalue weighted by molar-refractivity contribution is -0.0499. The average Bonchev–Trinajstić information content (AvgIpc) is 3.04. The van der Waals surface area contributed by atoms with Crippen LogP contribution in [0.2, 0.25) is 0 Å². The largest absolute Gasteiger partial charge is 0.534 e. The predicted octanol–water partition coefficient (Wildman–Crippen LogP) is 3.77. The number of hydrogen-bond donors (Lipinski definition) is 0. The molecule has 0 bridgehead atoms. The molecule has 0 aliphatic carbocycles. The number of alkyl halides is 3. The molecule has 0 spiro atoms. The number of benzene rings is 1. The zero-order chi connectivity index (χ0) is 19.5. The van der Waals surface area contributed by atoms with Gasteiger partial charge in [0.2, 0.25) is 5.69 Å². The van der Waals surface area contributed by atoms with Crippen LogP contribution in [-0.4, -0.2) is 30.9 Å². The quantitative estimate of drug-likeness (QED) is 0.325. The first-order chi connectivity index (χ1) is 12.1. The third-order valence-corrected chi connectivity index (χ3v) is 4.58. The van der Waals surface area contributed by atoms with Crippen LogP contribution in [-0.2, 0) is 14.9 Å². The molecular formula is C14H9F3N2O5S2. The first-order valence-corrected chi connectivity index (χ1v) is 8.93. The molecular weight excluding hydrogens is 397 g/mol. The molecule has 0 saturated heterocycles. The van der Waals surface area contributed by atoms with Crippen LogP contribution in [0.15, 0.2) is 24.3 Å². The van der Waals surface area contributed by atoms with Crippen LogP contribution in [0.1, 0.15) is 16.6 Å². The highest BCUT2D eigenvalue weighted by molar-refractivity contribution is 7.88. The highest BCUT2D eigenvalue weighted by Gasteiger charge is 2.48. The van der Waals surface area contributed by atoms with Crippen molar-refractivity contribution in [1.29, 1.82) is 0 Å². The van der Waals surface area contributed by atoms with Crippen LogP contribution in [0.3, 0.4) is 0 Å². The Morgan fingerprint density at radius 3 is 2.62 bits per heavy atom. The fraction of sp³-hybridized carbons (Fsp3) is 0.214. The molecule has 0 atom stereocenters. The zero-order valence-corrected chi connectivity index (χ0v) is 14.5. The van der Waals surface area contributed by atoms with E-state index < -0.39 is 33.0 Å². The van der Waals surface area contributed by atoms with Gasteiger partial charge in [0.15, 0.2) is 0 Å². The van der Waals surface area contributed by atoms with E-state index in [2.05, 4.69) is 13.4 Å². The second kappa shape index (κ2) is 7.30. The monoisotopic (exact) mass is 406 g/mol. The van der Waals surface area contributed by atoms with Gasteiger partial charge in [0.05, 0.1) is 18.9 Å². The summed E-state index contributed by atoms with van der Waals surface area (Å²) in [4.78, 5) is 14.8. The number of rotatable bonds is 5. The molecule has 0 aliphatic rings. The molecule has 0 amide bonds. The standard InChI is InChI=1S/C14H9F3N2O5S2/c1-3-23-13(20)12-7-9(19-25-12)8-4-5-11(10(6-8)18-2)24-26(21,22)14(15,16)17/h4-7H,3H2,1H3. The summed E-state index contributed by atoms with van der Waals surface area (Å²) in [6.07, 6.45) is 0. The first kappa shape index (κ1) is 19.7. The number of halogens is 3. The minimum Gasteiger partial charge on any atom is -0.462 e. The van der Waals surface area contributed by atoms with Gasteiger partial charge in [-0.1, -0.05) is 6.07 Å². The lowest BCUT2D eigenvalue weighted by atomic mass is 10.1. The van der Waals surface area contributed by atoms with Gasteiger partial charge < -0.3 is 8.92 Å². The molecule has 1 aromatic carbocycles. The van der Waals surface area contributed by atoms with Gasteiger partial charge in [0.1, 0.15) is 10.6 Å². The van der Waals surface area contributed by atoms with Gasteiger partial charge in [-0.05, 0) is 42.2 Å². The summed E-state index contributed by atoms with van der Waals surface area (Å²) in [5.41, 5.74) is -5.51. The number of carbonyl (C=O) groups excluding carboxylic acids is 1. The van der Waals surface area contributed by atoms with E-state index in [9.17, 15) is 26.4 Å². The Morgan fingerprint density at radius 1 is 1.35 bits per heavy atom. The summed E-state index contributed by atoms with van der Waals surface area (Å²) in [6.45, 7) is 8.82. The normalized spacial score (nSPS) is 11.7. The Kier molecular flexibility index (Phi) is 5.53. The van der Waals surface area contributed by atoms with Crippen LogP contribution in [0.4, 0.5) is 18.9 Å². The van der Waals surface area contributed by atoms with E-state index in [0.717, 1.165) is 23.7 Å². The molecule has 0 aliphatic heterocycles.